The van der Waals surface area contributed by atoms with E-state index >= 15 is 0 Å². The molecule has 0 atom stereocenters. The number of hydrogen-bond donors (Lipinski definition) is 5. The van der Waals surface area contributed by atoms with Crippen molar-refractivity contribution in [3.63, 3.8) is 0 Å². The van der Waals surface area contributed by atoms with E-state index in [1.54, 1.807) is 6.07 Å². The highest BCUT2D eigenvalue weighted by molar-refractivity contribution is 6.08. The largest absolute Gasteiger partial charge is 0.481 e. The second-order valence-corrected chi connectivity index (χ2v) is 19.6. The summed E-state index contributed by atoms with van der Waals surface area (Å²) in [5.74, 6) is -5.57. The molecule has 1 amide bonds. The van der Waals surface area contributed by atoms with Gasteiger partial charge in [0, 0.05) is 48.6 Å². The molecule has 0 radical (unpaired) electrons. The van der Waals surface area contributed by atoms with E-state index in [9.17, 15) is 38.4 Å². The maximum Gasteiger partial charge on any atom is 0.328 e. The molecule has 8 aromatic rings. The van der Waals surface area contributed by atoms with E-state index in [-0.39, 0.29) is 36.6 Å². The van der Waals surface area contributed by atoms with Gasteiger partial charge in [-0.1, -0.05) is 237 Å². The smallest absolute Gasteiger partial charge is 0.328 e. The Balaban J connectivity index is 0.000000354. The first-order valence-corrected chi connectivity index (χ1v) is 28.1. The molecule has 0 saturated carbocycles. The highest BCUT2D eigenvalue weighted by Gasteiger charge is 2.10. The molecule has 0 heterocycles. The van der Waals surface area contributed by atoms with Crippen molar-refractivity contribution in [2.75, 3.05) is 5.32 Å². The summed E-state index contributed by atoms with van der Waals surface area (Å²) in [6, 6.07) is 65.2. The number of fused-ring (bicyclic) bond motifs is 1. The normalized spacial score (nSPS) is 10.1. The van der Waals surface area contributed by atoms with Gasteiger partial charge < -0.3 is 25.7 Å². The van der Waals surface area contributed by atoms with Gasteiger partial charge in [-0.05, 0) is 104 Å². The summed E-state index contributed by atoms with van der Waals surface area (Å²) in [6.45, 7) is 14.3. The molecule has 0 fully saturated rings. The number of Topliss-reactive ketones (excluding diaryl/α,β-unsaturated/α-hetero) is 2. The van der Waals surface area contributed by atoms with Gasteiger partial charge in [-0.3, -0.25) is 28.8 Å². The van der Waals surface area contributed by atoms with E-state index in [0.717, 1.165) is 81.3 Å². The molecule has 87 heavy (non-hydrogen) atoms. The van der Waals surface area contributed by atoms with Crippen LogP contribution in [0.5, 0.6) is 0 Å². The molecule has 0 aromatic heterocycles. The lowest BCUT2D eigenvalue weighted by Gasteiger charge is -2.08. The van der Waals surface area contributed by atoms with Crippen molar-refractivity contribution in [2.24, 2.45) is 0 Å². The van der Waals surface area contributed by atoms with Gasteiger partial charge in [0.1, 0.15) is 24.4 Å². The lowest BCUT2D eigenvalue weighted by molar-refractivity contribution is -0.141. The predicted molar refractivity (Wildman–Crippen MR) is 348 cm³/mol. The van der Waals surface area contributed by atoms with E-state index in [2.05, 4.69) is 80.7 Å². The van der Waals surface area contributed by atoms with Crippen molar-refractivity contribution >= 4 is 69.7 Å². The summed E-state index contributed by atoms with van der Waals surface area (Å²) in [4.78, 5) is 86.2. The Morgan fingerprint density at radius 3 is 1.21 bits per heavy atom. The number of carbonyl (C=O) groups excluding carboxylic acids is 4. The first-order chi connectivity index (χ1) is 41.6. The number of carbonyl (C=O) groups is 8. The molecule has 0 bridgehead atoms. The SMILES string of the molecule is C/C=C/c1ccccc1.CCc1ccc(CC(=O)CC(=O)O)cc1.CCc1ccccc1.Cc1ccc(CC(=O)/C=C/C(=O)O)cc1.Cc1ccc(CC(=O)CC(=O)O)cc1.Cc1cccc2c(NC(=O)/C=C/C(=O)O)cccc12.Cc1ccccc1. The first kappa shape index (κ1) is 72.7. The Labute approximate surface area is 511 Å². The monoisotopic (exact) mass is 1170 g/mol. The van der Waals surface area contributed by atoms with Crippen LogP contribution in [-0.4, -0.2) is 67.6 Å². The van der Waals surface area contributed by atoms with Crippen LogP contribution < -0.4 is 5.32 Å². The zero-order chi connectivity index (χ0) is 64.4. The molecule has 0 aliphatic heterocycles. The number of ketones is 3. The van der Waals surface area contributed by atoms with Gasteiger partial charge in [-0.25, -0.2) is 9.59 Å². The number of carboxylic acid groups (broad SMARTS) is 4. The fourth-order valence-electron chi connectivity index (χ4n) is 7.55. The minimum atomic E-state index is -1.15. The number of aliphatic carboxylic acids is 4. The molecule has 8 aromatic carbocycles. The number of hydrogen-bond acceptors (Lipinski definition) is 8. The molecule has 0 unspecified atom stereocenters. The number of benzene rings is 8. The topological polar surface area (TPSA) is 230 Å². The summed E-state index contributed by atoms with van der Waals surface area (Å²) in [5, 5.41) is 38.3. The van der Waals surface area contributed by atoms with Crippen molar-refractivity contribution in [1.82, 2.24) is 0 Å². The highest BCUT2D eigenvalue weighted by atomic mass is 16.4. The van der Waals surface area contributed by atoms with E-state index in [1.807, 2.05) is 179 Å². The van der Waals surface area contributed by atoms with E-state index in [4.69, 9.17) is 20.4 Å². The van der Waals surface area contributed by atoms with Crippen LogP contribution in [0.25, 0.3) is 16.8 Å². The summed E-state index contributed by atoms with van der Waals surface area (Å²) < 4.78 is 0. The molecule has 0 saturated heterocycles. The second kappa shape index (κ2) is 42.4. The Kier molecular flexibility index (Phi) is 35.4. The maximum atomic E-state index is 11.6. The standard InChI is InChI=1S/C15H13NO3.C12H12O3.C12H14O3.C11H12O3.C9H10.C8H10.C7H8/c1-10-4-2-6-12-11(10)5-3-7-13(12)16-14(17)8-9-15(18)19;1-9-2-4-10(5-3-9)8-11(13)6-7-12(14)15;1-2-9-3-5-10(6-4-9)7-11(13)8-12(14)15;1-8-2-4-9(5-3-8)6-10(12)7-11(13)14;1-2-6-9-7-4-3-5-8-9;1-2-8-6-4-3-5-7-8;1-7-5-3-2-4-6-7/h2-9H,1H3,(H,16,17)(H,18,19);2-7H,8H2,1H3,(H,14,15);3-6H,2,7-8H2,1H3,(H,14,15);2-5H,6-7H2,1H3,(H,13,14);2-8H,1H3;3-7H,2H2,1H3;2-6H,1H3/b9-8+;7-6+;;;6-2+;;. The highest BCUT2D eigenvalue weighted by Crippen LogP contribution is 2.26. The molecule has 13 heteroatoms. The third-order valence-electron chi connectivity index (χ3n) is 12.1. The van der Waals surface area contributed by atoms with Crippen LogP contribution in [0.1, 0.15) is 89.2 Å². The molecule has 5 N–H and O–H groups in total. The van der Waals surface area contributed by atoms with Gasteiger partial charge in [-0.15, -0.1) is 0 Å². The number of aryl methyl sites for hydroxylation is 6. The molecule has 0 spiro atoms. The first-order valence-electron chi connectivity index (χ1n) is 28.1. The summed E-state index contributed by atoms with van der Waals surface area (Å²) in [6.07, 6.45) is 9.83. The summed E-state index contributed by atoms with van der Waals surface area (Å²) >= 11 is 0. The number of amides is 1. The van der Waals surface area contributed by atoms with Crippen molar-refractivity contribution < 1.29 is 58.8 Å². The maximum absolute atomic E-state index is 11.6. The van der Waals surface area contributed by atoms with Crippen LogP contribution in [0, 0.1) is 27.7 Å². The molecule has 452 valence electrons. The quantitative estimate of drug-likeness (QED) is 0.0399. The Hall–Kier alpha value is -10.4. The molecule has 0 aliphatic rings. The fourth-order valence-corrected chi connectivity index (χ4v) is 7.55. The van der Waals surface area contributed by atoms with E-state index in [0.29, 0.717) is 5.69 Å². The Morgan fingerprint density at radius 2 is 0.782 bits per heavy atom. The number of rotatable bonds is 18. The number of allylic oxidation sites excluding steroid dienone is 2. The Morgan fingerprint density at radius 1 is 0.391 bits per heavy atom. The lowest BCUT2D eigenvalue weighted by Crippen LogP contribution is -2.09. The van der Waals surface area contributed by atoms with Gasteiger partial charge >= 0.3 is 23.9 Å². The van der Waals surface area contributed by atoms with Crippen LogP contribution in [0.15, 0.2) is 231 Å². The molecule has 0 aliphatic carbocycles. The van der Waals surface area contributed by atoms with Crippen molar-refractivity contribution in [2.45, 2.75) is 93.4 Å². The number of nitrogens with one attached hydrogen (secondary N) is 1. The fraction of sp³-hybridized carbons (Fsp3) is 0.189. The van der Waals surface area contributed by atoms with Gasteiger partial charge in [0.2, 0.25) is 5.91 Å². The molecule has 8 rings (SSSR count). The third-order valence-corrected chi connectivity index (χ3v) is 12.1. The average Bonchev–Trinajstić information content (AvgIpc) is 2.95. The van der Waals surface area contributed by atoms with E-state index in [1.165, 1.54) is 22.3 Å². The number of anilines is 1. The molecule has 13 nitrogen and oxygen atoms in total. The van der Waals surface area contributed by atoms with Crippen molar-refractivity contribution in [1.29, 1.82) is 0 Å². The van der Waals surface area contributed by atoms with Crippen LogP contribution in [0.4, 0.5) is 5.69 Å². The summed E-state index contributed by atoms with van der Waals surface area (Å²) in [7, 11) is 0. The minimum absolute atomic E-state index is 0.201. The van der Waals surface area contributed by atoms with Crippen LogP contribution in [0.3, 0.4) is 0 Å². The number of carboxylic acids is 4. The van der Waals surface area contributed by atoms with Crippen molar-refractivity contribution in [3.8, 4) is 0 Å². The lowest BCUT2D eigenvalue weighted by atomic mass is 10.0. The zero-order valence-corrected chi connectivity index (χ0v) is 50.5. The molecular formula is C74H79NO12. The van der Waals surface area contributed by atoms with Crippen LogP contribution in [-0.2, 0) is 70.5 Å². The van der Waals surface area contributed by atoms with Crippen LogP contribution in [0.2, 0.25) is 0 Å². The van der Waals surface area contributed by atoms with Gasteiger partial charge in [-0.2, -0.15) is 0 Å². The van der Waals surface area contributed by atoms with Gasteiger partial charge in [0.05, 0.1) is 0 Å². The van der Waals surface area contributed by atoms with Crippen molar-refractivity contribution in [3.05, 3.63) is 286 Å². The third kappa shape index (κ3) is 34.7. The minimum Gasteiger partial charge on any atom is -0.481 e. The van der Waals surface area contributed by atoms with Gasteiger partial charge in [0.25, 0.3) is 0 Å². The van der Waals surface area contributed by atoms with Gasteiger partial charge in [0.15, 0.2) is 5.78 Å². The zero-order valence-electron chi connectivity index (χ0n) is 50.5. The Bertz CT molecular complexity index is 3480. The average molecular weight is 1170 g/mol. The van der Waals surface area contributed by atoms with E-state index < -0.39 is 42.6 Å². The predicted octanol–water partition coefficient (Wildman–Crippen LogP) is 14.9. The molecular weight excluding hydrogens is 1090 g/mol. The summed E-state index contributed by atoms with van der Waals surface area (Å²) in [5.41, 5.74) is 11.9. The second-order valence-electron chi connectivity index (χ2n) is 19.6. The van der Waals surface area contributed by atoms with Crippen LogP contribution >= 0.6 is 0 Å².